The fourth-order valence-electron chi connectivity index (χ4n) is 8.05. The number of hydrogen-bond acceptors (Lipinski definition) is 4. The van der Waals surface area contributed by atoms with E-state index in [1.807, 2.05) is 0 Å². The third kappa shape index (κ3) is 8.10. The van der Waals surface area contributed by atoms with Crippen molar-refractivity contribution in [2.24, 2.45) is 0 Å². The van der Waals surface area contributed by atoms with Gasteiger partial charge in [-0.25, -0.2) is 4.98 Å². The summed E-state index contributed by atoms with van der Waals surface area (Å²) in [5.41, 5.74) is -2.76. The number of aromatic amines is 2. The molecule has 9 rings (SSSR count). The van der Waals surface area contributed by atoms with E-state index in [9.17, 15) is 62.9 Å². The van der Waals surface area contributed by atoms with Crippen LogP contribution in [0.2, 0.25) is 0 Å². The maximum atomic E-state index is 13.8. The molecule has 3 aromatic heterocycles. The van der Waals surface area contributed by atoms with Crippen molar-refractivity contribution in [2.45, 2.75) is 36.9 Å². The van der Waals surface area contributed by atoms with Crippen LogP contribution in [0.1, 0.15) is 57.2 Å². The van der Waals surface area contributed by atoms with E-state index >= 15 is 0 Å². The molecule has 7 aromatic rings. The molecule has 0 spiro atoms. The van der Waals surface area contributed by atoms with Crippen LogP contribution in [0.25, 0.3) is 78.7 Å². The van der Waals surface area contributed by atoms with Crippen molar-refractivity contribution in [3.05, 3.63) is 166 Å². The highest BCUT2D eigenvalue weighted by molar-refractivity contribution is 5.97. The topological polar surface area (TPSA) is 97.8 Å². The molecule has 18 heteroatoms. The first-order chi connectivity index (χ1) is 31.1. The molecule has 66 heavy (non-hydrogen) atoms. The number of rotatable bonds is 4. The fraction of sp³-hybridized carbons (Fsp3) is 0.125. The third-order valence-electron chi connectivity index (χ3n) is 11.2. The Morgan fingerprint density at radius 2 is 0.576 bits per heavy atom. The molecular weight excluding hydrogens is 893 g/mol. The van der Waals surface area contributed by atoms with Crippen LogP contribution in [-0.2, 0) is 24.7 Å². The maximum absolute atomic E-state index is 13.8. The summed E-state index contributed by atoms with van der Waals surface area (Å²) in [5.74, 6) is 0. The number of benzene rings is 4. The van der Waals surface area contributed by atoms with Gasteiger partial charge in [0.1, 0.15) is 12.2 Å². The summed E-state index contributed by atoms with van der Waals surface area (Å²) in [5, 5.41) is 23.7. The number of aliphatic hydroxyl groups excluding tert-OH is 2. The van der Waals surface area contributed by atoms with Crippen LogP contribution in [0, 0.1) is 0 Å². The van der Waals surface area contributed by atoms with Crippen LogP contribution in [0.4, 0.5) is 52.7 Å². The van der Waals surface area contributed by atoms with Crippen molar-refractivity contribution in [3.8, 4) is 44.5 Å². The Morgan fingerprint density at radius 1 is 0.333 bits per heavy atom. The van der Waals surface area contributed by atoms with Crippen LogP contribution in [0.3, 0.4) is 0 Å². The molecule has 2 atom stereocenters. The molecule has 8 bridgehead atoms. The molecule has 0 radical (unpaired) electrons. The second kappa shape index (κ2) is 15.8. The van der Waals surface area contributed by atoms with Crippen LogP contribution < -0.4 is 0 Å². The molecule has 0 aliphatic carbocycles. The molecule has 0 unspecified atom stereocenters. The minimum Gasteiger partial charge on any atom is -0.384 e. The molecule has 6 nitrogen and oxygen atoms in total. The Morgan fingerprint density at radius 3 is 0.833 bits per heavy atom. The van der Waals surface area contributed by atoms with Crippen molar-refractivity contribution in [3.63, 3.8) is 0 Å². The van der Waals surface area contributed by atoms with E-state index in [0.717, 1.165) is 72.8 Å². The number of alkyl halides is 12. The van der Waals surface area contributed by atoms with Crippen molar-refractivity contribution >= 4 is 34.2 Å². The number of fused-ring (bicyclic) bond motifs is 8. The normalized spacial score (nSPS) is 15.7. The number of aromatic nitrogens is 4. The van der Waals surface area contributed by atoms with Gasteiger partial charge in [-0.2, -0.15) is 52.7 Å². The Bertz CT molecular complexity index is 2990. The number of aliphatic hydroxyl groups is 2. The van der Waals surface area contributed by atoms with Gasteiger partial charge in [-0.3, -0.25) is 4.98 Å². The molecule has 4 aromatic carbocycles. The summed E-state index contributed by atoms with van der Waals surface area (Å²) in [6.45, 7) is 0. The lowest BCUT2D eigenvalue weighted by molar-refractivity contribution is -0.138. The quantitative estimate of drug-likeness (QED) is 0.132. The lowest BCUT2D eigenvalue weighted by Crippen LogP contribution is -2.06. The van der Waals surface area contributed by atoms with Crippen LogP contribution in [0.15, 0.2) is 121 Å². The van der Waals surface area contributed by atoms with E-state index in [0.29, 0.717) is 0 Å². The second-order valence-electron chi connectivity index (χ2n) is 15.4. The number of halogens is 12. The molecule has 5 heterocycles. The first kappa shape index (κ1) is 44.0. The smallest absolute Gasteiger partial charge is 0.384 e. The van der Waals surface area contributed by atoms with E-state index in [1.165, 1.54) is 60.7 Å². The lowest BCUT2D eigenvalue weighted by atomic mass is 9.96. The zero-order valence-corrected chi connectivity index (χ0v) is 33.2. The predicted molar refractivity (Wildman–Crippen MR) is 222 cm³/mol. The minimum atomic E-state index is -4.74. The molecular formula is C48H28F12N4O2. The van der Waals surface area contributed by atoms with Crippen LogP contribution >= 0.6 is 0 Å². The number of H-pyrrole nitrogens is 2. The molecule has 0 amide bonds. The van der Waals surface area contributed by atoms with E-state index in [-0.39, 0.29) is 89.4 Å². The third-order valence-corrected chi connectivity index (χ3v) is 11.2. The van der Waals surface area contributed by atoms with Gasteiger partial charge < -0.3 is 20.2 Å². The van der Waals surface area contributed by atoms with Gasteiger partial charge in [-0.05, 0) is 107 Å². The van der Waals surface area contributed by atoms with Gasteiger partial charge in [-0.15, -0.1) is 0 Å². The van der Waals surface area contributed by atoms with Gasteiger partial charge in [0.25, 0.3) is 0 Å². The van der Waals surface area contributed by atoms with Gasteiger partial charge in [0, 0.05) is 44.3 Å². The SMILES string of the molecule is O[C@@H]1c2nc(c(-c3ccc(C(F)(F)F)cc3)c3ccc([nH]3)c(-c3ccc(C(F)(F)F)cc3)c3nc(c(-c4ccc(C(F)(F)F)cc4)c4ccc([nH]4)c2-c2ccc(C(F)(F)F)cc2)C=C3)[C@@H]1O. The highest BCUT2D eigenvalue weighted by Gasteiger charge is 2.37. The van der Waals surface area contributed by atoms with Crippen molar-refractivity contribution < 1.29 is 62.9 Å². The van der Waals surface area contributed by atoms with E-state index < -0.39 is 59.2 Å². The average molecular weight is 921 g/mol. The van der Waals surface area contributed by atoms with Crippen molar-refractivity contribution in [2.75, 3.05) is 0 Å². The Balaban J connectivity index is 1.45. The van der Waals surface area contributed by atoms with Crippen LogP contribution in [-0.4, -0.2) is 30.1 Å². The van der Waals surface area contributed by atoms with Crippen LogP contribution in [0.5, 0.6) is 0 Å². The summed E-state index contributed by atoms with van der Waals surface area (Å²) < 4.78 is 165. The van der Waals surface area contributed by atoms with E-state index in [4.69, 9.17) is 4.98 Å². The highest BCUT2D eigenvalue weighted by Crippen LogP contribution is 2.46. The number of nitrogens with one attached hydrogen (secondary N) is 2. The van der Waals surface area contributed by atoms with Crippen molar-refractivity contribution in [1.82, 2.24) is 19.9 Å². The van der Waals surface area contributed by atoms with Gasteiger partial charge in [0.2, 0.25) is 0 Å². The van der Waals surface area contributed by atoms with Gasteiger partial charge in [-0.1, -0.05) is 48.5 Å². The average Bonchev–Trinajstić information content (AvgIpc) is 4.09. The zero-order chi connectivity index (χ0) is 47.1. The molecule has 2 aliphatic rings. The first-order valence-electron chi connectivity index (χ1n) is 19.6. The summed E-state index contributed by atoms with van der Waals surface area (Å²) in [6, 6.07) is 21.7. The van der Waals surface area contributed by atoms with E-state index in [1.54, 1.807) is 0 Å². The van der Waals surface area contributed by atoms with E-state index in [2.05, 4.69) is 15.0 Å². The maximum Gasteiger partial charge on any atom is 0.416 e. The summed E-state index contributed by atoms with van der Waals surface area (Å²) in [6.07, 6.45) is -19.7. The molecule has 0 fully saturated rings. The Hall–Kier alpha value is -7.18. The number of nitrogens with zero attached hydrogens (tertiary/aromatic N) is 2. The highest BCUT2D eigenvalue weighted by atomic mass is 19.4. The van der Waals surface area contributed by atoms with Gasteiger partial charge in [0.15, 0.2) is 0 Å². The Kier molecular flexibility index (Phi) is 10.5. The minimum absolute atomic E-state index is 0.0246. The van der Waals surface area contributed by atoms with Gasteiger partial charge in [0.05, 0.1) is 45.0 Å². The standard InChI is InChI=1S/C48H28F12N4O2/c49-45(50,51)27-9-1-23(2-10-27)37-31-17-18-32(61-31)38(24-3-11-28(12-4-24)46(52,53)54)34-20-22-36(63-34)40(26-7-15-30(16-8-26)48(58,59)60)42-44(66)43(65)41(64-42)39(35-21-19-33(37)62-35)25-5-13-29(14-6-25)47(55,56)57/h1-22,43-44,62-63,65-66H/t43-,44+. The number of hydrogen-bond donors (Lipinski definition) is 4. The Labute approximate surface area is 364 Å². The molecule has 336 valence electrons. The predicted octanol–water partition coefficient (Wildman–Crippen LogP) is 14.0. The molecule has 2 aliphatic heterocycles. The molecule has 0 saturated heterocycles. The second-order valence-corrected chi connectivity index (χ2v) is 15.4. The lowest BCUT2D eigenvalue weighted by Gasteiger charge is -2.14. The molecule has 0 saturated carbocycles. The first-order valence-corrected chi connectivity index (χ1v) is 19.6. The monoisotopic (exact) mass is 920 g/mol. The summed E-state index contributed by atoms with van der Waals surface area (Å²) >= 11 is 0. The largest absolute Gasteiger partial charge is 0.416 e. The summed E-state index contributed by atoms with van der Waals surface area (Å²) in [7, 11) is 0. The zero-order valence-electron chi connectivity index (χ0n) is 33.2. The van der Waals surface area contributed by atoms with Gasteiger partial charge >= 0.3 is 24.7 Å². The van der Waals surface area contributed by atoms with Crippen molar-refractivity contribution in [1.29, 1.82) is 0 Å². The fourth-order valence-corrected chi connectivity index (χ4v) is 8.05. The summed E-state index contributed by atoms with van der Waals surface area (Å²) in [4.78, 5) is 15.8. The molecule has 4 N–H and O–H groups in total.